The van der Waals surface area contributed by atoms with Crippen molar-refractivity contribution < 1.29 is 25.2 Å². The summed E-state index contributed by atoms with van der Waals surface area (Å²) in [5.41, 5.74) is 0.801. The van der Waals surface area contributed by atoms with Crippen molar-refractivity contribution in [1.29, 1.82) is 0 Å². The van der Waals surface area contributed by atoms with Gasteiger partial charge in [0.1, 0.15) is 6.10 Å². The minimum absolute atomic E-state index is 0.0605. The maximum absolute atomic E-state index is 9.41. The van der Waals surface area contributed by atoms with Gasteiger partial charge in [-0.3, -0.25) is 0 Å². The highest BCUT2D eigenvalue weighted by Gasteiger charge is 2.12. The molecular weight excluding hydrogens is 236 g/mol. The van der Waals surface area contributed by atoms with Crippen molar-refractivity contribution in [3.63, 3.8) is 0 Å². The van der Waals surface area contributed by atoms with Gasteiger partial charge in [0.05, 0.1) is 19.8 Å². The molecule has 0 bridgehead atoms. The van der Waals surface area contributed by atoms with E-state index in [1.54, 1.807) is 24.3 Å². The lowest BCUT2D eigenvalue weighted by Crippen LogP contribution is -2.28. The molecule has 0 saturated carbocycles. The fourth-order valence-electron chi connectivity index (χ4n) is 1.42. The summed E-state index contributed by atoms with van der Waals surface area (Å²) >= 11 is 0. The molecule has 0 saturated heterocycles. The fourth-order valence-corrected chi connectivity index (χ4v) is 1.42. The Bertz CT molecular complexity index is 402. The standard InChI is InChI=1S/C13H18O5/c1-18-13-7-9(5-6-11(13)16)3-2-4-10(15)12(17)8-14/h2-3,5-7,10,12,14-17H,4,8H2,1H3/b3-2+. The summed E-state index contributed by atoms with van der Waals surface area (Å²) in [4.78, 5) is 0. The van der Waals surface area contributed by atoms with E-state index < -0.39 is 18.8 Å². The van der Waals surface area contributed by atoms with Crippen molar-refractivity contribution in [2.75, 3.05) is 13.7 Å². The Labute approximate surface area is 106 Å². The molecule has 1 aromatic rings. The van der Waals surface area contributed by atoms with Crippen LogP contribution < -0.4 is 4.74 Å². The Balaban J connectivity index is 2.62. The zero-order chi connectivity index (χ0) is 13.5. The molecule has 5 nitrogen and oxygen atoms in total. The van der Waals surface area contributed by atoms with Gasteiger partial charge >= 0.3 is 0 Å². The van der Waals surface area contributed by atoms with Gasteiger partial charge in [0.2, 0.25) is 0 Å². The van der Waals surface area contributed by atoms with Crippen molar-refractivity contribution >= 4 is 6.08 Å². The number of hydrogen-bond acceptors (Lipinski definition) is 5. The summed E-state index contributed by atoms with van der Waals surface area (Å²) in [6.45, 7) is -0.470. The molecule has 0 fully saturated rings. The zero-order valence-corrected chi connectivity index (χ0v) is 10.2. The molecule has 18 heavy (non-hydrogen) atoms. The predicted molar refractivity (Wildman–Crippen MR) is 67.4 cm³/mol. The van der Waals surface area contributed by atoms with E-state index in [4.69, 9.17) is 14.9 Å². The third-order valence-corrected chi connectivity index (χ3v) is 2.52. The molecule has 0 heterocycles. The molecule has 0 aliphatic rings. The van der Waals surface area contributed by atoms with Crippen LogP contribution in [0.1, 0.15) is 12.0 Å². The molecule has 1 rings (SSSR count). The zero-order valence-electron chi connectivity index (χ0n) is 10.2. The number of hydrogen-bond donors (Lipinski definition) is 4. The van der Waals surface area contributed by atoms with E-state index in [1.165, 1.54) is 13.2 Å². The van der Waals surface area contributed by atoms with Crippen molar-refractivity contribution in [3.8, 4) is 11.5 Å². The number of aliphatic hydroxyl groups is 3. The van der Waals surface area contributed by atoms with E-state index in [-0.39, 0.29) is 12.2 Å². The Morgan fingerprint density at radius 2 is 2.00 bits per heavy atom. The molecule has 0 spiro atoms. The largest absolute Gasteiger partial charge is 0.504 e. The molecule has 0 aromatic heterocycles. The molecule has 0 aliphatic carbocycles. The highest BCUT2D eigenvalue weighted by Crippen LogP contribution is 2.26. The van der Waals surface area contributed by atoms with E-state index in [1.807, 2.05) is 0 Å². The maximum atomic E-state index is 9.41. The number of benzene rings is 1. The van der Waals surface area contributed by atoms with E-state index in [2.05, 4.69) is 0 Å². The Morgan fingerprint density at radius 3 is 2.61 bits per heavy atom. The average molecular weight is 254 g/mol. The average Bonchev–Trinajstić information content (AvgIpc) is 2.39. The van der Waals surface area contributed by atoms with Gasteiger partial charge in [-0.15, -0.1) is 0 Å². The van der Waals surface area contributed by atoms with Crippen LogP contribution in [-0.4, -0.2) is 46.4 Å². The van der Waals surface area contributed by atoms with Crippen LogP contribution in [-0.2, 0) is 0 Å². The van der Waals surface area contributed by atoms with Crippen molar-refractivity contribution in [2.45, 2.75) is 18.6 Å². The normalized spacial score (nSPS) is 14.7. The van der Waals surface area contributed by atoms with Crippen LogP contribution in [0.25, 0.3) is 6.08 Å². The van der Waals surface area contributed by atoms with Gasteiger partial charge in [-0.05, 0) is 24.1 Å². The highest BCUT2D eigenvalue weighted by atomic mass is 16.5. The molecule has 100 valence electrons. The van der Waals surface area contributed by atoms with Gasteiger partial charge in [0.15, 0.2) is 11.5 Å². The van der Waals surface area contributed by atoms with Crippen LogP contribution in [0.2, 0.25) is 0 Å². The first-order valence-corrected chi connectivity index (χ1v) is 5.59. The maximum Gasteiger partial charge on any atom is 0.161 e. The van der Waals surface area contributed by atoms with E-state index in [9.17, 15) is 10.2 Å². The molecule has 4 N–H and O–H groups in total. The minimum Gasteiger partial charge on any atom is -0.504 e. The van der Waals surface area contributed by atoms with E-state index in [0.717, 1.165) is 5.56 Å². The number of rotatable bonds is 6. The molecule has 0 aliphatic heterocycles. The predicted octanol–water partition coefficient (Wildman–Crippen LogP) is 0.518. The number of phenols is 1. The monoisotopic (exact) mass is 254 g/mol. The first kappa shape index (κ1) is 14.5. The topological polar surface area (TPSA) is 90.2 Å². The third kappa shape index (κ3) is 4.03. The summed E-state index contributed by atoms with van der Waals surface area (Å²) in [5.74, 6) is 0.429. The summed E-state index contributed by atoms with van der Waals surface area (Å²) < 4.78 is 4.96. The van der Waals surface area contributed by atoms with Gasteiger partial charge in [0.25, 0.3) is 0 Å². The molecule has 1 aromatic carbocycles. The van der Waals surface area contributed by atoms with Crippen molar-refractivity contribution in [1.82, 2.24) is 0 Å². The molecule has 2 atom stereocenters. The molecular formula is C13H18O5. The quantitative estimate of drug-likeness (QED) is 0.594. The number of phenolic OH excluding ortho intramolecular Hbond substituents is 1. The lowest BCUT2D eigenvalue weighted by Gasteiger charge is -2.12. The van der Waals surface area contributed by atoms with Crippen molar-refractivity contribution in [2.24, 2.45) is 0 Å². The Morgan fingerprint density at radius 1 is 1.28 bits per heavy atom. The number of methoxy groups -OCH3 is 1. The first-order chi connectivity index (χ1) is 8.58. The molecule has 2 unspecified atom stereocenters. The lowest BCUT2D eigenvalue weighted by atomic mass is 10.1. The van der Waals surface area contributed by atoms with E-state index in [0.29, 0.717) is 5.75 Å². The molecule has 5 heteroatoms. The summed E-state index contributed by atoms with van der Waals surface area (Å²) in [6.07, 6.45) is 1.50. The van der Waals surface area contributed by atoms with Crippen LogP contribution in [0, 0.1) is 0 Å². The number of ether oxygens (including phenoxy) is 1. The Kier molecular flexibility index (Phi) is 5.64. The van der Waals surface area contributed by atoms with Crippen LogP contribution >= 0.6 is 0 Å². The summed E-state index contributed by atoms with van der Waals surface area (Å²) in [6, 6.07) is 4.86. The van der Waals surface area contributed by atoms with Crippen LogP contribution in [0.5, 0.6) is 11.5 Å². The second-order valence-corrected chi connectivity index (χ2v) is 3.89. The van der Waals surface area contributed by atoms with Gasteiger partial charge in [-0.25, -0.2) is 0 Å². The second-order valence-electron chi connectivity index (χ2n) is 3.89. The third-order valence-electron chi connectivity index (χ3n) is 2.52. The van der Waals surface area contributed by atoms with Crippen LogP contribution in [0.15, 0.2) is 24.3 Å². The summed E-state index contributed by atoms with van der Waals surface area (Å²) in [5, 5.41) is 36.6. The minimum atomic E-state index is -1.14. The van der Waals surface area contributed by atoms with Crippen LogP contribution in [0.3, 0.4) is 0 Å². The van der Waals surface area contributed by atoms with E-state index >= 15 is 0 Å². The SMILES string of the molecule is COc1cc(/C=C/CC(O)C(O)CO)ccc1O. The Hall–Kier alpha value is -1.56. The van der Waals surface area contributed by atoms with Gasteiger partial charge in [-0.1, -0.05) is 18.2 Å². The molecule has 0 radical (unpaired) electrons. The number of aliphatic hydroxyl groups excluding tert-OH is 3. The first-order valence-electron chi connectivity index (χ1n) is 5.59. The molecule has 0 amide bonds. The van der Waals surface area contributed by atoms with Gasteiger partial charge in [-0.2, -0.15) is 0 Å². The number of aromatic hydroxyl groups is 1. The van der Waals surface area contributed by atoms with Crippen molar-refractivity contribution in [3.05, 3.63) is 29.8 Å². The second kappa shape index (κ2) is 7.00. The smallest absolute Gasteiger partial charge is 0.161 e. The van der Waals surface area contributed by atoms with Crippen LogP contribution in [0.4, 0.5) is 0 Å². The summed E-state index contributed by atoms with van der Waals surface area (Å²) in [7, 11) is 1.46. The fraction of sp³-hybridized carbons (Fsp3) is 0.385. The lowest BCUT2D eigenvalue weighted by molar-refractivity contribution is -0.0119. The van der Waals surface area contributed by atoms with Gasteiger partial charge < -0.3 is 25.2 Å². The van der Waals surface area contributed by atoms with Gasteiger partial charge in [0, 0.05) is 0 Å². The highest BCUT2D eigenvalue weighted by molar-refractivity contribution is 5.55.